The molecule has 19 heavy (non-hydrogen) atoms. The van der Waals surface area contributed by atoms with Crippen LogP contribution in [0.25, 0.3) is 0 Å². The van der Waals surface area contributed by atoms with Crippen LogP contribution in [-0.4, -0.2) is 49.3 Å². The zero-order valence-corrected chi connectivity index (χ0v) is 15.5. The molecule has 2 N–H and O–H groups in total. The Bertz CT molecular complexity index is 258. The van der Waals surface area contributed by atoms with E-state index in [1.165, 1.54) is 18.6 Å². The minimum atomic E-state index is 0. The number of hydrogen-bond donors (Lipinski definition) is 2. The summed E-state index contributed by atoms with van der Waals surface area (Å²) in [4.78, 5) is 4.68. The van der Waals surface area contributed by atoms with E-state index < -0.39 is 0 Å². The molecule has 0 aliphatic carbocycles. The molecule has 1 unspecified atom stereocenters. The summed E-state index contributed by atoms with van der Waals surface area (Å²) in [5, 5.41) is 6.58. The summed E-state index contributed by atoms with van der Waals surface area (Å²) in [5.74, 6) is 2.19. The molecule has 0 amide bonds. The number of aliphatic imine (C=N–C) groups is 1. The Balaban J connectivity index is 0.00000324. The van der Waals surface area contributed by atoms with Crippen molar-refractivity contribution in [3.63, 3.8) is 0 Å². The van der Waals surface area contributed by atoms with E-state index in [9.17, 15) is 0 Å². The SMILES string of the molecule is CCNC(=NCC1(C)CCCS1)NCCOCC.I. The molecular formula is C13H28IN3OS. The molecule has 1 aliphatic rings. The molecule has 1 fully saturated rings. The lowest BCUT2D eigenvalue weighted by Crippen LogP contribution is -2.40. The zero-order valence-electron chi connectivity index (χ0n) is 12.3. The molecule has 0 bridgehead atoms. The Hall–Kier alpha value is 0.310. The number of guanidine groups is 1. The van der Waals surface area contributed by atoms with Crippen molar-refractivity contribution in [2.75, 3.05) is 38.6 Å². The summed E-state index contributed by atoms with van der Waals surface area (Å²) in [6.07, 6.45) is 2.60. The maximum Gasteiger partial charge on any atom is 0.191 e. The average Bonchev–Trinajstić information content (AvgIpc) is 2.79. The van der Waals surface area contributed by atoms with Crippen LogP contribution in [0.1, 0.15) is 33.6 Å². The van der Waals surface area contributed by atoms with E-state index in [2.05, 4.69) is 29.5 Å². The Labute approximate surface area is 138 Å². The van der Waals surface area contributed by atoms with Gasteiger partial charge in [0.1, 0.15) is 0 Å². The molecule has 0 spiro atoms. The van der Waals surface area contributed by atoms with Gasteiger partial charge in [0.15, 0.2) is 5.96 Å². The lowest BCUT2D eigenvalue weighted by molar-refractivity contribution is 0.152. The van der Waals surface area contributed by atoms with Gasteiger partial charge in [0.05, 0.1) is 13.2 Å². The van der Waals surface area contributed by atoms with Gasteiger partial charge < -0.3 is 15.4 Å². The van der Waals surface area contributed by atoms with Crippen LogP contribution < -0.4 is 10.6 Å². The van der Waals surface area contributed by atoms with Crippen molar-refractivity contribution < 1.29 is 4.74 Å². The lowest BCUT2D eigenvalue weighted by atomic mass is 10.1. The number of nitrogens with zero attached hydrogens (tertiary/aromatic N) is 1. The van der Waals surface area contributed by atoms with Gasteiger partial charge in [0.25, 0.3) is 0 Å². The van der Waals surface area contributed by atoms with Gasteiger partial charge in [-0.3, -0.25) is 4.99 Å². The summed E-state index contributed by atoms with van der Waals surface area (Å²) in [6, 6.07) is 0. The van der Waals surface area contributed by atoms with E-state index in [1.54, 1.807) is 0 Å². The molecule has 4 nitrogen and oxygen atoms in total. The van der Waals surface area contributed by atoms with Crippen LogP contribution in [0.3, 0.4) is 0 Å². The van der Waals surface area contributed by atoms with Crippen LogP contribution in [0.15, 0.2) is 4.99 Å². The van der Waals surface area contributed by atoms with E-state index in [4.69, 9.17) is 4.74 Å². The van der Waals surface area contributed by atoms with Crippen molar-refractivity contribution in [3.8, 4) is 0 Å². The van der Waals surface area contributed by atoms with E-state index in [0.717, 1.165) is 38.8 Å². The van der Waals surface area contributed by atoms with E-state index in [0.29, 0.717) is 4.75 Å². The summed E-state index contributed by atoms with van der Waals surface area (Å²) in [5.41, 5.74) is 0. The molecule has 0 radical (unpaired) electrons. The van der Waals surface area contributed by atoms with Gasteiger partial charge in [-0.2, -0.15) is 11.8 Å². The first kappa shape index (κ1) is 19.3. The van der Waals surface area contributed by atoms with Gasteiger partial charge in [0, 0.05) is 24.4 Å². The third-order valence-electron chi connectivity index (χ3n) is 2.96. The maximum absolute atomic E-state index is 5.31. The predicted molar refractivity (Wildman–Crippen MR) is 96.0 cm³/mol. The van der Waals surface area contributed by atoms with Gasteiger partial charge >= 0.3 is 0 Å². The second kappa shape index (κ2) is 11.0. The molecule has 0 aromatic heterocycles. The molecule has 1 heterocycles. The van der Waals surface area contributed by atoms with Gasteiger partial charge in [0.2, 0.25) is 0 Å². The van der Waals surface area contributed by atoms with Crippen LogP contribution in [0.4, 0.5) is 0 Å². The van der Waals surface area contributed by atoms with E-state index >= 15 is 0 Å². The number of halogens is 1. The van der Waals surface area contributed by atoms with Gasteiger partial charge in [-0.05, 0) is 39.4 Å². The lowest BCUT2D eigenvalue weighted by Gasteiger charge is -2.21. The van der Waals surface area contributed by atoms with E-state index in [-0.39, 0.29) is 24.0 Å². The Morgan fingerprint density at radius 3 is 2.74 bits per heavy atom. The van der Waals surface area contributed by atoms with Crippen molar-refractivity contribution in [2.45, 2.75) is 38.4 Å². The number of rotatable bonds is 7. The highest BCUT2D eigenvalue weighted by molar-refractivity contribution is 14.0. The predicted octanol–water partition coefficient (Wildman–Crippen LogP) is 2.48. The van der Waals surface area contributed by atoms with Gasteiger partial charge in [-0.15, -0.1) is 24.0 Å². The maximum atomic E-state index is 5.31. The second-order valence-corrected chi connectivity index (χ2v) is 6.40. The van der Waals surface area contributed by atoms with Gasteiger partial charge in [-0.1, -0.05) is 0 Å². The first-order valence-corrected chi connectivity index (χ1v) is 7.92. The monoisotopic (exact) mass is 401 g/mol. The van der Waals surface area contributed by atoms with Crippen LogP contribution in [0.2, 0.25) is 0 Å². The van der Waals surface area contributed by atoms with Crippen LogP contribution >= 0.6 is 35.7 Å². The van der Waals surface area contributed by atoms with Crippen molar-refractivity contribution >= 4 is 41.7 Å². The highest BCUT2D eigenvalue weighted by Crippen LogP contribution is 2.37. The van der Waals surface area contributed by atoms with Crippen molar-refractivity contribution in [2.24, 2.45) is 4.99 Å². The molecule has 1 atom stereocenters. The molecule has 0 aromatic rings. The second-order valence-electron chi connectivity index (χ2n) is 4.72. The minimum absolute atomic E-state index is 0. The fourth-order valence-electron chi connectivity index (χ4n) is 1.94. The molecule has 6 heteroatoms. The normalized spacial score (nSPS) is 23.0. The summed E-state index contributed by atoms with van der Waals surface area (Å²) < 4.78 is 5.65. The molecule has 0 saturated carbocycles. The Kier molecular flexibility index (Phi) is 11.2. The molecule has 1 saturated heterocycles. The number of nitrogens with one attached hydrogen (secondary N) is 2. The summed E-state index contributed by atoms with van der Waals surface area (Å²) >= 11 is 2.05. The van der Waals surface area contributed by atoms with Crippen molar-refractivity contribution in [1.82, 2.24) is 10.6 Å². The molecule has 1 rings (SSSR count). The smallest absolute Gasteiger partial charge is 0.191 e. The number of thioether (sulfide) groups is 1. The Morgan fingerprint density at radius 2 is 2.16 bits per heavy atom. The van der Waals surface area contributed by atoms with Crippen LogP contribution in [-0.2, 0) is 4.74 Å². The molecular weight excluding hydrogens is 373 g/mol. The largest absolute Gasteiger partial charge is 0.380 e. The topological polar surface area (TPSA) is 45.7 Å². The molecule has 114 valence electrons. The summed E-state index contributed by atoms with van der Waals surface area (Å²) in [6.45, 7) is 10.5. The molecule has 0 aromatic carbocycles. The third kappa shape index (κ3) is 8.24. The average molecular weight is 401 g/mol. The first-order chi connectivity index (χ1) is 8.70. The van der Waals surface area contributed by atoms with E-state index in [1.807, 2.05) is 18.7 Å². The van der Waals surface area contributed by atoms with Crippen LogP contribution in [0, 0.1) is 0 Å². The fourth-order valence-corrected chi connectivity index (χ4v) is 3.16. The standard InChI is InChI=1S/C13H27N3OS.HI/c1-4-14-12(15-8-9-17-5-2)16-11-13(3)7-6-10-18-13;/h4-11H2,1-3H3,(H2,14,15,16);1H. The van der Waals surface area contributed by atoms with Gasteiger partial charge in [-0.25, -0.2) is 0 Å². The Morgan fingerprint density at radius 1 is 1.37 bits per heavy atom. The summed E-state index contributed by atoms with van der Waals surface area (Å²) in [7, 11) is 0. The molecule has 1 aliphatic heterocycles. The zero-order chi connectivity index (χ0) is 13.3. The minimum Gasteiger partial charge on any atom is -0.380 e. The quantitative estimate of drug-likeness (QED) is 0.298. The highest BCUT2D eigenvalue weighted by atomic mass is 127. The van der Waals surface area contributed by atoms with Crippen molar-refractivity contribution in [3.05, 3.63) is 0 Å². The highest BCUT2D eigenvalue weighted by Gasteiger charge is 2.29. The fraction of sp³-hybridized carbons (Fsp3) is 0.923. The van der Waals surface area contributed by atoms with Crippen LogP contribution in [0.5, 0.6) is 0 Å². The third-order valence-corrected chi connectivity index (χ3v) is 4.48. The van der Waals surface area contributed by atoms with Crippen molar-refractivity contribution in [1.29, 1.82) is 0 Å². The first-order valence-electron chi connectivity index (χ1n) is 6.94. The number of ether oxygens (including phenoxy) is 1. The number of hydrogen-bond acceptors (Lipinski definition) is 3.